The van der Waals surface area contributed by atoms with E-state index in [1.165, 1.54) is 11.5 Å². The molecular formula is C6H14S. The quantitative estimate of drug-likeness (QED) is 0.454. The molecule has 1 rings (SSSR count). The fourth-order valence-electron chi connectivity index (χ4n) is 1.49. The van der Waals surface area contributed by atoms with Gasteiger partial charge in [-0.1, -0.05) is 6.92 Å². The highest BCUT2D eigenvalue weighted by atomic mass is 32.3. The molecule has 1 heterocycles. The molecular weight excluding hydrogens is 104 g/mol. The molecule has 0 atom stereocenters. The largest absolute Gasteiger partial charge is 0.246 e. The van der Waals surface area contributed by atoms with Gasteiger partial charge >= 0.3 is 0 Å². The first kappa shape index (κ1) is 5.49. The maximum atomic E-state index is 2.42. The molecule has 0 aliphatic carbocycles. The molecule has 0 spiro atoms. The first-order valence-electron chi connectivity index (χ1n) is 2.79. The lowest BCUT2D eigenvalue weighted by Crippen LogP contribution is -2.28. The summed E-state index contributed by atoms with van der Waals surface area (Å²) in [5, 5.41) is 0. The molecule has 7 heavy (non-hydrogen) atoms. The normalized spacial score (nSPS) is 34.1. The molecule has 1 heteroatoms. The van der Waals surface area contributed by atoms with E-state index in [2.05, 4.69) is 19.4 Å². The minimum absolute atomic E-state index is 0.0307. The third kappa shape index (κ3) is 1.12. The number of rotatable bonds is 0. The van der Waals surface area contributed by atoms with Crippen molar-refractivity contribution < 1.29 is 0 Å². The highest BCUT2D eigenvalue weighted by Gasteiger charge is 2.27. The van der Waals surface area contributed by atoms with Crippen molar-refractivity contribution in [2.45, 2.75) is 6.92 Å². The lowest BCUT2D eigenvalue weighted by Gasteiger charge is -2.46. The van der Waals surface area contributed by atoms with Gasteiger partial charge in [-0.2, -0.15) is 0 Å². The third-order valence-corrected chi connectivity index (χ3v) is 4.41. The van der Waals surface area contributed by atoms with Crippen LogP contribution in [0.25, 0.3) is 0 Å². The molecule has 0 nitrogen and oxygen atoms in total. The zero-order chi connectivity index (χ0) is 5.49. The number of hydrogen-bond acceptors (Lipinski definition) is 0. The van der Waals surface area contributed by atoms with Crippen molar-refractivity contribution in [1.29, 1.82) is 0 Å². The second-order valence-corrected chi connectivity index (χ2v) is 7.41. The van der Waals surface area contributed by atoms with Gasteiger partial charge in [-0.3, -0.25) is 0 Å². The monoisotopic (exact) mass is 118 g/mol. The standard InChI is InChI=1S/C6H14S/c1-6-4-7(2,3)5-6/h6H,4-5H2,1-3H3. The summed E-state index contributed by atoms with van der Waals surface area (Å²) >= 11 is 0. The van der Waals surface area contributed by atoms with Gasteiger partial charge < -0.3 is 0 Å². The van der Waals surface area contributed by atoms with E-state index in [0.717, 1.165) is 5.92 Å². The van der Waals surface area contributed by atoms with Gasteiger partial charge in [-0.25, -0.2) is 10.0 Å². The Morgan fingerprint density at radius 3 is 1.71 bits per heavy atom. The zero-order valence-electron chi connectivity index (χ0n) is 5.40. The maximum Gasteiger partial charge on any atom is -0.0199 e. The van der Waals surface area contributed by atoms with Crippen LogP contribution in [0.15, 0.2) is 0 Å². The molecule has 44 valence electrons. The van der Waals surface area contributed by atoms with Crippen molar-refractivity contribution in [3.63, 3.8) is 0 Å². The Labute approximate surface area is 47.6 Å². The molecule has 0 bridgehead atoms. The fourth-order valence-corrected chi connectivity index (χ4v) is 4.47. The molecule has 1 fully saturated rings. The van der Waals surface area contributed by atoms with Crippen LogP contribution in [0.5, 0.6) is 0 Å². The smallest absolute Gasteiger partial charge is 0.0199 e. The van der Waals surface area contributed by atoms with Crippen LogP contribution in [0.2, 0.25) is 0 Å². The van der Waals surface area contributed by atoms with Crippen LogP contribution in [0.3, 0.4) is 0 Å². The molecule has 0 aromatic rings. The van der Waals surface area contributed by atoms with E-state index >= 15 is 0 Å². The fraction of sp³-hybridized carbons (Fsp3) is 1.00. The molecule has 0 amide bonds. The van der Waals surface area contributed by atoms with Crippen molar-refractivity contribution in [2.24, 2.45) is 5.92 Å². The van der Waals surface area contributed by atoms with E-state index in [4.69, 9.17) is 0 Å². The molecule has 0 aromatic heterocycles. The summed E-state index contributed by atoms with van der Waals surface area (Å²) in [5.41, 5.74) is 0. The highest BCUT2D eigenvalue weighted by Crippen LogP contribution is 2.52. The van der Waals surface area contributed by atoms with E-state index in [-0.39, 0.29) is 10.0 Å². The van der Waals surface area contributed by atoms with Crippen LogP contribution in [0, 0.1) is 5.92 Å². The van der Waals surface area contributed by atoms with Gasteiger partial charge in [0.1, 0.15) is 0 Å². The summed E-state index contributed by atoms with van der Waals surface area (Å²) in [6, 6.07) is 0. The minimum Gasteiger partial charge on any atom is -0.246 e. The Morgan fingerprint density at radius 1 is 1.29 bits per heavy atom. The van der Waals surface area contributed by atoms with Gasteiger partial charge in [0, 0.05) is 0 Å². The highest BCUT2D eigenvalue weighted by molar-refractivity contribution is 8.33. The Bertz CT molecular complexity index is 68.2. The molecule has 0 unspecified atom stereocenters. The topological polar surface area (TPSA) is 0 Å². The first-order chi connectivity index (χ1) is 3.10. The lowest BCUT2D eigenvalue weighted by molar-refractivity contribution is 0.707. The summed E-state index contributed by atoms with van der Waals surface area (Å²) < 4.78 is 0. The maximum absolute atomic E-state index is 2.42. The Hall–Kier alpha value is 0.350. The van der Waals surface area contributed by atoms with E-state index < -0.39 is 0 Å². The van der Waals surface area contributed by atoms with Crippen molar-refractivity contribution in [1.82, 2.24) is 0 Å². The Balaban J connectivity index is 2.29. The van der Waals surface area contributed by atoms with Gasteiger partial charge in [0.15, 0.2) is 0 Å². The van der Waals surface area contributed by atoms with Crippen LogP contribution < -0.4 is 0 Å². The van der Waals surface area contributed by atoms with Crippen LogP contribution in [-0.4, -0.2) is 24.0 Å². The van der Waals surface area contributed by atoms with Crippen molar-refractivity contribution >= 4 is 10.0 Å². The summed E-state index contributed by atoms with van der Waals surface area (Å²) in [6.45, 7) is 2.35. The lowest BCUT2D eigenvalue weighted by atomic mass is 10.2. The predicted molar refractivity (Wildman–Crippen MR) is 38.3 cm³/mol. The Morgan fingerprint density at radius 2 is 1.71 bits per heavy atom. The third-order valence-electron chi connectivity index (χ3n) is 1.47. The molecule has 0 aromatic carbocycles. The number of hydrogen-bond donors (Lipinski definition) is 0. The molecule has 0 saturated carbocycles. The minimum atomic E-state index is -0.0307. The van der Waals surface area contributed by atoms with Gasteiger partial charge in [0.05, 0.1) is 0 Å². The second kappa shape index (κ2) is 1.41. The van der Waals surface area contributed by atoms with Crippen LogP contribution >= 0.6 is 10.0 Å². The zero-order valence-corrected chi connectivity index (χ0v) is 6.22. The molecule has 0 radical (unpaired) electrons. The predicted octanol–water partition coefficient (Wildman–Crippen LogP) is 1.70. The van der Waals surface area contributed by atoms with Crippen LogP contribution in [0.4, 0.5) is 0 Å². The second-order valence-electron chi connectivity index (χ2n) is 3.21. The molecule has 1 saturated heterocycles. The summed E-state index contributed by atoms with van der Waals surface area (Å²) in [6.07, 6.45) is 4.85. The van der Waals surface area contributed by atoms with Crippen molar-refractivity contribution in [3.05, 3.63) is 0 Å². The van der Waals surface area contributed by atoms with Crippen LogP contribution in [-0.2, 0) is 0 Å². The summed E-state index contributed by atoms with van der Waals surface area (Å²) in [5.74, 6) is 4.09. The van der Waals surface area contributed by atoms with Crippen molar-refractivity contribution in [2.75, 3.05) is 24.0 Å². The molecule has 0 N–H and O–H groups in total. The summed E-state index contributed by atoms with van der Waals surface area (Å²) in [4.78, 5) is 0. The first-order valence-corrected chi connectivity index (χ1v) is 5.58. The van der Waals surface area contributed by atoms with E-state index in [9.17, 15) is 0 Å². The van der Waals surface area contributed by atoms with Crippen LogP contribution in [0.1, 0.15) is 6.92 Å². The molecule has 1 aliphatic heterocycles. The SMILES string of the molecule is CC1CS(C)(C)C1. The molecule has 1 aliphatic rings. The van der Waals surface area contributed by atoms with Gasteiger partial charge in [-0.05, 0) is 29.9 Å². The van der Waals surface area contributed by atoms with Gasteiger partial charge in [0.2, 0.25) is 0 Å². The average molecular weight is 118 g/mol. The average Bonchev–Trinajstić information content (AvgIpc) is 1.27. The van der Waals surface area contributed by atoms with Gasteiger partial charge in [-0.15, -0.1) is 0 Å². The Kier molecular flexibility index (Phi) is 1.11. The van der Waals surface area contributed by atoms with Crippen molar-refractivity contribution in [3.8, 4) is 0 Å². The van der Waals surface area contributed by atoms with E-state index in [1.807, 2.05) is 0 Å². The van der Waals surface area contributed by atoms with Gasteiger partial charge in [0.25, 0.3) is 0 Å². The van der Waals surface area contributed by atoms with E-state index in [0.29, 0.717) is 0 Å². The summed E-state index contributed by atoms with van der Waals surface area (Å²) in [7, 11) is -0.0307. The van der Waals surface area contributed by atoms with E-state index in [1.54, 1.807) is 0 Å².